The maximum Gasteiger partial charge on any atom is 0.338 e. The Hall–Kier alpha value is -3.12. The fourth-order valence-electron chi connectivity index (χ4n) is 3.33. The van der Waals surface area contributed by atoms with Crippen LogP contribution in [0.15, 0.2) is 60.7 Å². The van der Waals surface area contributed by atoms with Crippen LogP contribution in [-0.2, 0) is 11.2 Å². The molecule has 1 heterocycles. The highest BCUT2D eigenvalue weighted by molar-refractivity contribution is 7.19. The Labute approximate surface area is 175 Å². The van der Waals surface area contributed by atoms with Crippen LogP contribution in [0.5, 0.6) is 0 Å². The first-order valence-electron chi connectivity index (χ1n) is 9.38. The number of benzene rings is 3. The largest absolute Gasteiger partial charge is 0.462 e. The van der Waals surface area contributed by atoms with Gasteiger partial charge in [0.25, 0.3) is 0 Å². The van der Waals surface area contributed by atoms with Crippen molar-refractivity contribution in [2.75, 3.05) is 6.61 Å². The lowest BCUT2D eigenvalue weighted by Crippen LogP contribution is -2.04. The Kier molecular flexibility index (Phi) is 5.59. The Morgan fingerprint density at radius 3 is 2.50 bits per heavy atom. The fraction of sp³-hybridized carbons (Fsp3) is 0.125. The Morgan fingerprint density at radius 1 is 0.933 bits per heavy atom. The van der Waals surface area contributed by atoms with Gasteiger partial charge in [0.15, 0.2) is 11.6 Å². The second kappa shape index (κ2) is 8.32. The van der Waals surface area contributed by atoms with Crippen LogP contribution >= 0.6 is 11.3 Å². The molecule has 0 unspecified atom stereocenters. The molecule has 0 saturated carbocycles. The number of carbonyl (C=O) groups is 1. The molecule has 30 heavy (non-hydrogen) atoms. The molecule has 0 aliphatic carbocycles. The maximum absolute atomic E-state index is 14.5. The molecule has 1 aromatic heterocycles. The molecule has 0 amide bonds. The molecule has 0 bridgehead atoms. The van der Waals surface area contributed by atoms with Crippen molar-refractivity contribution in [2.24, 2.45) is 0 Å². The smallest absolute Gasteiger partial charge is 0.338 e. The number of fused-ring (bicyclic) bond motifs is 1. The molecule has 152 valence electrons. The van der Waals surface area contributed by atoms with Gasteiger partial charge in [0, 0.05) is 21.4 Å². The van der Waals surface area contributed by atoms with Gasteiger partial charge in [-0.05, 0) is 60.0 Å². The van der Waals surface area contributed by atoms with Crippen LogP contribution in [0.4, 0.5) is 13.2 Å². The van der Waals surface area contributed by atoms with Crippen molar-refractivity contribution in [3.05, 3.63) is 94.1 Å². The quantitative estimate of drug-likeness (QED) is 0.330. The van der Waals surface area contributed by atoms with Crippen LogP contribution in [0.2, 0.25) is 0 Å². The monoisotopic (exact) mass is 426 g/mol. The lowest BCUT2D eigenvalue weighted by atomic mass is 10.0. The average molecular weight is 426 g/mol. The van der Waals surface area contributed by atoms with Crippen molar-refractivity contribution < 1.29 is 22.7 Å². The molecule has 2 nitrogen and oxygen atoms in total. The minimum Gasteiger partial charge on any atom is -0.462 e. The molecular formula is C24H17F3O2S. The van der Waals surface area contributed by atoms with Crippen LogP contribution in [0.3, 0.4) is 0 Å². The number of thiophene rings is 1. The van der Waals surface area contributed by atoms with Gasteiger partial charge in [0.2, 0.25) is 0 Å². The summed E-state index contributed by atoms with van der Waals surface area (Å²) in [4.78, 5) is 12.9. The van der Waals surface area contributed by atoms with Gasteiger partial charge in [-0.15, -0.1) is 11.3 Å². The third kappa shape index (κ3) is 3.96. The van der Waals surface area contributed by atoms with E-state index in [1.807, 2.05) is 6.07 Å². The van der Waals surface area contributed by atoms with E-state index in [2.05, 4.69) is 0 Å². The van der Waals surface area contributed by atoms with Gasteiger partial charge in [-0.1, -0.05) is 24.3 Å². The summed E-state index contributed by atoms with van der Waals surface area (Å²) in [6.45, 7) is 2.02. The fourth-order valence-corrected chi connectivity index (χ4v) is 4.57. The van der Waals surface area contributed by atoms with E-state index in [0.29, 0.717) is 22.9 Å². The van der Waals surface area contributed by atoms with Crippen LogP contribution in [0, 0.1) is 17.5 Å². The lowest BCUT2D eigenvalue weighted by molar-refractivity contribution is 0.0526. The molecule has 4 rings (SSSR count). The Balaban J connectivity index is 1.75. The summed E-state index contributed by atoms with van der Waals surface area (Å²) in [6.07, 6.45) is 0.359. The molecular weight excluding hydrogens is 409 g/mol. The molecule has 6 heteroatoms. The maximum atomic E-state index is 14.5. The van der Waals surface area contributed by atoms with Crippen molar-refractivity contribution in [1.82, 2.24) is 0 Å². The third-order valence-corrected chi connectivity index (χ3v) is 5.90. The zero-order chi connectivity index (χ0) is 21.3. The second-order valence-electron chi connectivity index (χ2n) is 6.78. The average Bonchev–Trinajstić information content (AvgIpc) is 3.16. The highest BCUT2D eigenvalue weighted by Gasteiger charge is 2.15. The van der Waals surface area contributed by atoms with Gasteiger partial charge in [0.1, 0.15) is 5.82 Å². The Bertz CT molecular complexity index is 1250. The Morgan fingerprint density at radius 2 is 1.73 bits per heavy atom. The summed E-state index contributed by atoms with van der Waals surface area (Å²) in [6, 6.07) is 15.6. The summed E-state index contributed by atoms with van der Waals surface area (Å²) in [5, 5.41) is 0.455. The van der Waals surface area contributed by atoms with E-state index in [-0.39, 0.29) is 12.4 Å². The molecule has 0 spiro atoms. The van der Waals surface area contributed by atoms with Gasteiger partial charge in [-0.25, -0.2) is 18.0 Å². The molecule has 4 aromatic rings. The van der Waals surface area contributed by atoms with E-state index in [1.54, 1.807) is 37.3 Å². The number of esters is 1. The molecule has 0 radical (unpaired) electrons. The lowest BCUT2D eigenvalue weighted by Gasteiger charge is -2.07. The molecule has 0 fully saturated rings. The van der Waals surface area contributed by atoms with Gasteiger partial charge < -0.3 is 4.74 Å². The number of hydrogen-bond acceptors (Lipinski definition) is 3. The summed E-state index contributed by atoms with van der Waals surface area (Å²) >= 11 is 1.39. The highest BCUT2D eigenvalue weighted by Crippen LogP contribution is 2.37. The third-order valence-electron chi connectivity index (χ3n) is 4.73. The van der Waals surface area contributed by atoms with E-state index in [4.69, 9.17) is 4.74 Å². The first-order chi connectivity index (χ1) is 14.5. The van der Waals surface area contributed by atoms with Crippen LogP contribution in [-0.4, -0.2) is 12.6 Å². The minimum absolute atomic E-state index is 0.280. The summed E-state index contributed by atoms with van der Waals surface area (Å²) < 4.78 is 47.0. The highest BCUT2D eigenvalue weighted by atomic mass is 32.1. The molecule has 0 aliphatic heterocycles. The minimum atomic E-state index is -0.906. The van der Waals surface area contributed by atoms with Crippen LogP contribution in [0.1, 0.15) is 27.7 Å². The van der Waals surface area contributed by atoms with E-state index in [1.165, 1.54) is 23.5 Å². The van der Waals surface area contributed by atoms with Gasteiger partial charge in [0.05, 0.1) is 12.2 Å². The van der Waals surface area contributed by atoms with Gasteiger partial charge >= 0.3 is 5.97 Å². The first kappa shape index (κ1) is 20.2. The molecule has 3 aromatic carbocycles. The van der Waals surface area contributed by atoms with E-state index >= 15 is 0 Å². The van der Waals surface area contributed by atoms with Crippen molar-refractivity contribution >= 4 is 27.4 Å². The predicted molar refractivity (Wildman–Crippen MR) is 112 cm³/mol. The predicted octanol–water partition coefficient (Wildman–Crippen LogP) is 6.75. The molecule has 0 N–H and O–H groups in total. The van der Waals surface area contributed by atoms with E-state index in [9.17, 15) is 18.0 Å². The first-order valence-corrected chi connectivity index (χ1v) is 10.2. The van der Waals surface area contributed by atoms with Crippen molar-refractivity contribution in [3.63, 3.8) is 0 Å². The van der Waals surface area contributed by atoms with Crippen molar-refractivity contribution in [3.8, 4) is 11.1 Å². The van der Waals surface area contributed by atoms with Crippen LogP contribution < -0.4 is 0 Å². The van der Waals surface area contributed by atoms with Gasteiger partial charge in [-0.2, -0.15) is 0 Å². The molecule has 0 aliphatic rings. The van der Waals surface area contributed by atoms with Crippen molar-refractivity contribution in [1.29, 1.82) is 0 Å². The molecule has 0 atom stereocenters. The SMILES string of the molecule is CCOC(=O)c1cccc(-c2ccc(F)c3cc(Cc4ccc(F)c(F)c4)sc23)c1. The second-order valence-corrected chi connectivity index (χ2v) is 7.91. The summed E-state index contributed by atoms with van der Waals surface area (Å²) in [7, 11) is 0. The van der Waals surface area contributed by atoms with E-state index < -0.39 is 17.6 Å². The zero-order valence-electron chi connectivity index (χ0n) is 16.0. The van der Waals surface area contributed by atoms with Crippen LogP contribution in [0.25, 0.3) is 21.2 Å². The molecule has 0 saturated heterocycles. The van der Waals surface area contributed by atoms with Crippen molar-refractivity contribution in [2.45, 2.75) is 13.3 Å². The summed E-state index contributed by atoms with van der Waals surface area (Å²) in [5.74, 6) is -2.58. The number of hydrogen-bond donors (Lipinski definition) is 0. The topological polar surface area (TPSA) is 26.3 Å². The van der Waals surface area contributed by atoms with Gasteiger partial charge in [-0.3, -0.25) is 0 Å². The summed E-state index contributed by atoms with van der Waals surface area (Å²) in [5.41, 5.74) is 2.59. The van der Waals surface area contributed by atoms with E-state index in [0.717, 1.165) is 32.8 Å². The number of ether oxygens (including phenoxy) is 1. The normalized spacial score (nSPS) is 11.1. The number of carbonyl (C=O) groups excluding carboxylic acids is 1. The number of halogens is 3. The number of rotatable bonds is 5. The standard InChI is InChI=1S/C24H17F3O2S/c1-2-29-24(28)16-5-3-4-15(12-16)18-7-9-20(25)19-13-17(30-23(18)19)10-14-6-8-21(26)22(27)11-14/h3-9,11-13H,2,10H2,1H3. The zero-order valence-corrected chi connectivity index (χ0v) is 16.9.